The first kappa shape index (κ1) is 14.9. The van der Waals surface area contributed by atoms with E-state index >= 15 is 0 Å². The van der Waals surface area contributed by atoms with Crippen LogP contribution in [0.15, 0.2) is 24.3 Å². The van der Waals surface area contributed by atoms with Crippen molar-refractivity contribution in [2.45, 2.75) is 0 Å². The molecule has 0 spiro atoms. The summed E-state index contributed by atoms with van der Waals surface area (Å²) in [5.41, 5.74) is 0.435. The molecule has 0 atom stereocenters. The number of ether oxygens (including phenoxy) is 1. The van der Waals surface area contributed by atoms with Crippen LogP contribution in [0.1, 0.15) is 10.4 Å². The minimum Gasteiger partial charge on any atom is -1.00 e. The van der Waals surface area contributed by atoms with Gasteiger partial charge in [0.1, 0.15) is 5.75 Å². The molecule has 0 unspecified atom stereocenters. The molecular formula is C8H8FNaO3. The molecule has 1 aromatic carbocycles. The van der Waals surface area contributed by atoms with E-state index in [9.17, 15) is 4.79 Å². The third-order valence-corrected chi connectivity index (χ3v) is 1.29. The van der Waals surface area contributed by atoms with Crippen LogP contribution >= 0.6 is 0 Å². The van der Waals surface area contributed by atoms with Crippen LogP contribution in [0.2, 0.25) is 0 Å². The van der Waals surface area contributed by atoms with Gasteiger partial charge in [0.15, 0.2) is 0 Å². The third-order valence-electron chi connectivity index (χ3n) is 1.29. The van der Waals surface area contributed by atoms with E-state index in [4.69, 9.17) is 5.11 Å². The number of carbonyl (C=O) groups excluding carboxylic acids is 1. The summed E-state index contributed by atoms with van der Waals surface area (Å²) >= 11 is 0. The van der Waals surface area contributed by atoms with Crippen molar-refractivity contribution in [1.82, 2.24) is 0 Å². The Morgan fingerprint density at radius 3 is 2.15 bits per heavy atom. The van der Waals surface area contributed by atoms with Crippen molar-refractivity contribution in [3.05, 3.63) is 29.8 Å². The van der Waals surface area contributed by atoms with Gasteiger partial charge in [-0.1, -0.05) is 0 Å². The van der Waals surface area contributed by atoms with E-state index in [1.165, 1.54) is 31.4 Å². The number of aromatic hydroxyl groups is 1. The first-order valence-corrected chi connectivity index (χ1v) is 3.11. The summed E-state index contributed by atoms with van der Waals surface area (Å²) in [5, 5.41) is 8.86. The van der Waals surface area contributed by atoms with Gasteiger partial charge < -0.3 is 14.5 Å². The van der Waals surface area contributed by atoms with E-state index in [2.05, 4.69) is 4.74 Å². The molecule has 1 aromatic rings. The Kier molecular flexibility index (Phi) is 7.90. The van der Waals surface area contributed by atoms with Crippen LogP contribution in [0, 0.1) is 0 Å². The monoisotopic (exact) mass is 194 g/mol. The van der Waals surface area contributed by atoms with Gasteiger partial charge in [-0.05, 0) is 24.3 Å². The molecule has 0 heterocycles. The normalized spacial score (nSPS) is 7.77. The fraction of sp³-hybridized carbons (Fsp3) is 0.125. The summed E-state index contributed by atoms with van der Waals surface area (Å²) in [6.45, 7) is 0. The molecule has 0 radical (unpaired) electrons. The minimum absolute atomic E-state index is 0. The van der Waals surface area contributed by atoms with E-state index in [1.54, 1.807) is 0 Å². The van der Waals surface area contributed by atoms with E-state index in [-0.39, 0.29) is 40.0 Å². The zero-order chi connectivity index (χ0) is 8.27. The van der Waals surface area contributed by atoms with Gasteiger partial charge in [0.05, 0.1) is 12.7 Å². The summed E-state index contributed by atoms with van der Waals surface area (Å²) in [5.74, 6) is -0.261. The molecule has 0 aliphatic rings. The summed E-state index contributed by atoms with van der Waals surface area (Å²) in [4.78, 5) is 10.8. The number of methoxy groups -OCH3 is 1. The number of phenolic OH excluding ortho intramolecular Hbond substituents is 1. The average Bonchev–Trinajstić information content (AvgIpc) is 2.05. The number of phenols is 1. The Morgan fingerprint density at radius 2 is 1.77 bits per heavy atom. The Morgan fingerprint density at radius 1 is 1.31 bits per heavy atom. The molecule has 0 aromatic heterocycles. The molecule has 13 heavy (non-hydrogen) atoms. The largest absolute Gasteiger partial charge is 1.00 e. The molecule has 1 rings (SSSR count). The van der Waals surface area contributed by atoms with Crippen LogP contribution in [0.25, 0.3) is 0 Å². The van der Waals surface area contributed by atoms with Gasteiger partial charge in [-0.3, -0.25) is 0 Å². The van der Waals surface area contributed by atoms with Crippen molar-refractivity contribution >= 4 is 5.97 Å². The van der Waals surface area contributed by atoms with Gasteiger partial charge in [0.2, 0.25) is 0 Å². The molecular weight excluding hydrogens is 186 g/mol. The number of benzene rings is 1. The molecule has 5 heteroatoms. The molecule has 0 aliphatic heterocycles. The van der Waals surface area contributed by atoms with Gasteiger partial charge >= 0.3 is 35.5 Å². The van der Waals surface area contributed by atoms with Crippen molar-refractivity contribution in [3.8, 4) is 5.75 Å². The van der Waals surface area contributed by atoms with Gasteiger partial charge in [0.25, 0.3) is 0 Å². The summed E-state index contributed by atoms with van der Waals surface area (Å²) in [6, 6.07) is 5.88. The molecule has 0 aliphatic carbocycles. The van der Waals surface area contributed by atoms with Crippen molar-refractivity contribution in [3.63, 3.8) is 0 Å². The Balaban J connectivity index is 0. The van der Waals surface area contributed by atoms with Gasteiger partial charge in [-0.2, -0.15) is 0 Å². The van der Waals surface area contributed by atoms with E-state index < -0.39 is 5.97 Å². The predicted octanol–water partition coefficient (Wildman–Crippen LogP) is -4.81. The third kappa shape index (κ3) is 4.26. The van der Waals surface area contributed by atoms with Crippen LogP contribution in [0.3, 0.4) is 0 Å². The Hall–Kier alpha value is -0.580. The van der Waals surface area contributed by atoms with Crippen molar-refractivity contribution < 1.29 is 48.9 Å². The van der Waals surface area contributed by atoms with E-state index in [1.807, 2.05) is 0 Å². The topological polar surface area (TPSA) is 46.5 Å². The van der Waals surface area contributed by atoms with Crippen molar-refractivity contribution in [2.24, 2.45) is 0 Å². The average molecular weight is 194 g/mol. The molecule has 0 bridgehead atoms. The summed E-state index contributed by atoms with van der Waals surface area (Å²) in [7, 11) is 1.31. The van der Waals surface area contributed by atoms with Crippen LogP contribution in [-0.2, 0) is 4.74 Å². The van der Waals surface area contributed by atoms with Crippen molar-refractivity contribution in [2.75, 3.05) is 7.11 Å². The number of hydrogen-bond acceptors (Lipinski definition) is 3. The molecule has 0 amide bonds. The fourth-order valence-corrected chi connectivity index (χ4v) is 0.715. The second-order valence-electron chi connectivity index (χ2n) is 2.04. The Bertz CT molecular complexity index is 261. The molecule has 66 valence electrons. The Labute approximate surface area is 97.4 Å². The van der Waals surface area contributed by atoms with Crippen LogP contribution in [0.4, 0.5) is 0 Å². The summed E-state index contributed by atoms with van der Waals surface area (Å²) < 4.78 is 4.46. The van der Waals surface area contributed by atoms with E-state index in [0.717, 1.165) is 0 Å². The molecule has 0 fully saturated rings. The number of hydrogen-bond donors (Lipinski definition) is 1. The smallest absolute Gasteiger partial charge is 1.00 e. The molecule has 0 saturated heterocycles. The number of carbonyl (C=O) groups is 1. The van der Waals surface area contributed by atoms with Crippen molar-refractivity contribution in [1.29, 1.82) is 0 Å². The SMILES string of the molecule is COC(=O)c1ccc(O)cc1.[F-].[Na+]. The van der Waals surface area contributed by atoms with Crippen LogP contribution in [0.5, 0.6) is 5.75 Å². The van der Waals surface area contributed by atoms with E-state index in [0.29, 0.717) is 5.56 Å². The molecule has 0 saturated carbocycles. The van der Waals surface area contributed by atoms with Gasteiger partial charge in [-0.15, -0.1) is 0 Å². The maximum Gasteiger partial charge on any atom is 1.00 e. The molecule has 3 nitrogen and oxygen atoms in total. The number of halogens is 1. The first-order valence-electron chi connectivity index (χ1n) is 3.11. The molecule has 1 N–H and O–H groups in total. The first-order chi connectivity index (χ1) is 5.24. The predicted molar refractivity (Wildman–Crippen MR) is 39.4 cm³/mol. The standard InChI is InChI=1S/C8H8O3.FH.Na/c1-11-8(10)6-2-4-7(9)5-3-6;;/h2-5,9H,1H3;1H;/q;;+1/p-1. The van der Waals surface area contributed by atoms with Gasteiger partial charge in [0, 0.05) is 0 Å². The second kappa shape index (κ2) is 6.88. The maximum absolute atomic E-state index is 10.8. The van der Waals surface area contributed by atoms with Crippen LogP contribution < -0.4 is 34.3 Å². The van der Waals surface area contributed by atoms with Crippen LogP contribution in [-0.4, -0.2) is 18.2 Å². The summed E-state index contributed by atoms with van der Waals surface area (Å²) in [6.07, 6.45) is 0. The maximum atomic E-state index is 10.8. The van der Waals surface area contributed by atoms with Gasteiger partial charge in [-0.25, -0.2) is 4.79 Å². The quantitative estimate of drug-likeness (QED) is 0.360. The zero-order valence-electron chi connectivity index (χ0n) is 7.45. The number of esters is 1. The minimum atomic E-state index is -0.398. The second-order valence-corrected chi connectivity index (χ2v) is 2.04. The fourth-order valence-electron chi connectivity index (χ4n) is 0.715. The zero-order valence-corrected chi connectivity index (χ0v) is 9.45. The number of rotatable bonds is 1.